The van der Waals surface area contributed by atoms with Crippen molar-refractivity contribution in [3.63, 3.8) is 0 Å². The van der Waals surface area contributed by atoms with Crippen molar-refractivity contribution in [1.82, 2.24) is 14.9 Å². The fourth-order valence-electron chi connectivity index (χ4n) is 2.62. The van der Waals surface area contributed by atoms with Gasteiger partial charge in [0.2, 0.25) is 5.91 Å². The van der Waals surface area contributed by atoms with E-state index in [2.05, 4.69) is 10.3 Å². The first kappa shape index (κ1) is 20.4. The van der Waals surface area contributed by atoms with Crippen LogP contribution in [0, 0.1) is 19.8 Å². The van der Waals surface area contributed by atoms with E-state index in [-0.39, 0.29) is 17.5 Å². The van der Waals surface area contributed by atoms with Crippen LogP contribution >= 0.6 is 23.1 Å². The Kier molecular flexibility index (Phi) is 6.13. The Morgan fingerprint density at radius 1 is 1.23 bits per heavy atom. The van der Waals surface area contributed by atoms with Gasteiger partial charge in [0.05, 0.1) is 10.6 Å². The number of nitrogens with two attached hydrogens (primary N) is 1. The summed E-state index contributed by atoms with van der Waals surface area (Å²) >= 11 is 2.65. The maximum absolute atomic E-state index is 13.1. The molecule has 0 fully saturated rings. The van der Waals surface area contributed by atoms with Crippen LogP contribution in [0.5, 0.6) is 0 Å². The lowest BCUT2D eigenvalue weighted by Gasteiger charge is -2.21. The van der Waals surface area contributed by atoms with E-state index in [1.807, 2.05) is 41.5 Å². The molecular formula is C17H24N4O3S2. The topological polar surface area (TPSA) is 107 Å². The Morgan fingerprint density at radius 2 is 1.85 bits per heavy atom. The molecule has 0 saturated carbocycles. The largest absolute Gasteiger partial charge is 0.351 e. The Labute approximate surface area is 160 Å². The molecule has 2 heterocycles. The van der Waals surface area contributed by atoms with E-state index in [1.165, 1.54) is 23.1 Å². The van der Waals surface area contributed by atoms with Gasteiger partial charge in [-0.1, -0.05) is 25.6 Å². The van der Waals surface area contributed by atoms with Crippen LogP contribution in [-0.2, 0) is 4.79 Å². The molecule has 1 atom stereocenters. The zero-order chi connectivity index (χ0) is 19.8. The van der Waals surface area contributed by atoms with Crippen LogP contribution in [-0.4, -0.2) is 26.7 Å². The Bertz CT molecular complexity index is 915. The third-order valence-corrected chi connectivity index (χ3v) is 6.67. The number of thioether (sulfide) groups is 1. The molecule has 2 rings (SSSR count). The maximum Gasteiger partial charge on any atom is 0.318 e. The number of amides is 3. The predicted octanol–water partition coefficient (Wildman–Crippen LogP) is 2.97. The highest BCUT2D eigenvalue weighted by Crippen LogP contribution is 2.32. The summed E-state index contributed by atoms with van der Waals surface area (Å²) in [6.07, 6.45) is 0. The normalized spacial score (nSPS) is 12.8. The molecule has 7 nitrogen and oxygen atoms in total. The van der Waals surface area contributed by atoms with Crippen LogP contribution in [0.4, 0.5) is 4.79 Å². The Morgan fingerprint density at radius 3 is 2.35 bits per heavy atom. The van der Waals surface area contributed by atoms with Crippen LogP contribution in [0.3, 0.4) is 0 Å². The number of nitrogens with one attached hydrogen (secondary N) is 1. The summed E-state index contributed by atoms with van der Waals surface area (Å²) in [4.78, 5) is 42.8. The summed E-state index contributed by atoms with van der Waals surface area (Å²) in [5, 5.41) is 2.63. The van der Waals surface area contributed by atoms with Crippen molar-refractivity contribution >= 4 is 45.3 Å². The molecule has 0 aliphatic heterocycles. The fourth-order valence-corrected chi connectivity index (χ4v) is 4.92. The van der Waals surface area contributed by atoms with Crippen molar-refractivity contribution < 1.29 is 9.59 Å². The quantitative estimate of drug-likeness (QED) is 0.597. The number of hydrogen-bond acceptors (Lipinski definition) is 6. The van der Waals surface area contributed by atoms with Crippen LogP contribution in [0.1, 0.15) is 44.2 Å². The second kappa shape index (κ2) is 7.79. The number of fused-ring (bicyclic) bond motifs is 1. The van der Waals surface area contributed by atoms with E-state index in [9.17, 15) is 14.4 Å². The van der Waals surface area contributed by atoms with Gasteiger partial charge in [0.25, 0.3) is 5.56 Å². The van der Waals surface area contributed by atoms with E-state index in [0.29, 0.717) is 15.4 Å². The van der Waals surface area contributed by atoms with Crippen LogP contribution in [0.25, 0.3) is 10.2 Å². The summed E-state index contributed by atoms with van der Waals surface area (Å²) in [5.74, 6) is -0.569. The minimum Gasteiger partial charge on any atom is -0.351 e. The smallest absolute Gasteiger partial charge is 0.318 e. The number of nitrogens with zero attached hydrogens (tertiary/aromatic N) is 2. The molecule has 3 N–H and O–H groups in total. The van der Waals surface area contributed by atoms with Gasteiger partial charge in [-0.3, -0.25) is 19.5 Å². The van der Waals surface area contributed by atoms with Gasteiger partial charge in [0, 0.05) is 10.9 Å². The molecule has 9 heteroatoms. The van der Waals surface area contributed by atoms with Gasteiger partial charge in [0.1, 0.15) is 4.83 Å². The predicted molar refractivity (Wildman–Crippen MR) is 106 cm³/mol. The number of hydrogen-bond donors (Lipinski definition) is 2. The number of primary amides is 1. The number of urea groups is 1. The number of imide groups is 1. The van der Waals surface area contributed by atoms with Gasteiger partial charge < -0.3 is 5.73 Å². The lowest BCUT2D eigenvalue weighted by molar-refractivity contribution is -0.120. The van der Waals surface area contributed by atoms with Crippen molar-refractivity contribution in [3.8, 4) is 0 Å². The number of aryl methyl sites for hydroxylation is 2. The monoisotopic (exact) mass is 396 g/mol. The van der Waals surface area contributed by atoms with Crippen LogP contribution in [0.2, 0.25) is 0 Å². The van der Waals surface area contributed by atoms with E-state index < -0.39 is 17.2 Å². The van der Waals surface area contributed by atoms with Gasteiger partial charge in [-0.2, -0.15) is 0 Å². The average Bonchev–Trinajstić information content (AvgIpc) is 2.78. The second-order valence-electron chi connectivity index (χ2n) is 6.76. The van der Waals surface area contributed by atoms with Gasteiger partial charge >= 0.3 is 6.03 Å². The Balaban J connectivity index is 2.60. The Hall–Kier alpha value is -1.87. The second-order valence-corrected chi connectivity index (χ2v) is 9.07. The number of carbonyl (C=O) groups excluding carboxylic acids is 2. The van der Waals surface area contributed by atoms with E-state index in [1.54, 1.807) is 4.57 Å². The summed E-state index contributed by atoms with van der Waals surface area (Å²) < 4.78 is 1.61. The third-order valence-electron chi connectivity index (χ3n) is 4.06. The lowest BCUT2D eigenvalue weighted by atomic mass is 10.1. The molecule has 3 amide bonds. The highest BCUT2D eigenvalue weighted by molar-refractivity contribution is 8.00. The summed E-state index contributed by atoms with van der Waals surface area (Å²) in [6.45, 7) is 11.4. The van der Waals surface area contributed by atoms with Crippen molar-refractivity contribution in [2.45, 2.75) is 58.0 Å². The minimum atomic E-state index is -0.893. The summed E-state index contributed by atoms with van der Waals surface area (Å²) in [5.41, 5.74) is 5.91. The number of carbonyl (C=O) groups is 2. The van der Waals surface area contributed by atoms with Gasteiger partial charge in [-0.05, 0) is 39.2 Å². The van der Waals surface area contributed by atoms with Crippen molar-refractivity contribution in [2.24, 2.45) is 11.7 Å². The first-order chi connectivity index (χ1) is 12.0. The number of aromatic nitrogens is 2. The van der Waals surface area contributed by atoms with Crippen LogP contribution < -0.4 is 16.6 Å². The van der Waals surface area contributed by atoms with E-state index in [4.69, 9.17) is 5.73 Å². The molecule has 0 bridgehead atoms. The van der Waals surface area contributed by atoms with Crippen molar-refractivity contribution in [1.29, 1.82) is 0 Å². The molecule has 0 aliphatic carbocycles. The first-order valence-electron chi connectivity index (χ1n) is 8.33. The summed E-state index contributed by atoms with van der Waals surface area (Å²) in [7, 11) is 0. The summed E-state index contributed by atoms with van der Waals surface area (Å²) in [6, 6.07) is -1.01. The molecule has 2 aromatic rings. The molecule has 0 unspecified atom stereocenters. The highest BCUT2D eigenvalue weighted by Gasteiger charge is 2.28. The average molecular weight is 397 g/mol. The van der Waals surface area contributed by atoms with Crippen molar-refractivity contribution in [2.75, 3.05) is 0 Å². The highest BCUT2D eigenvalue weighted by atomic mass is 32.2. The third kappa shape index (κ3) is 3.93. The van der Waals surface area contributed by atoms with E-state index >= 15 is 0 Å². The standard InChI is InChI=1S/C17H24N4O3S2/c1-7(2)12(13(22)19-16(18)24)26-17-20-14-11(9(5)10(6)25-14)15(23)21(17)8(3)4/h7-8,12H,1-6H3,(H3,18,19,22,24)/t12-/m0/s1. The molecule has 0 saturated heterocycles. The zero-order valence-electron chi connectivity index (χ0n) is 15.7. The fraction of sp³-hybridized carbons (Fsp3) is 0.529. The first-order valence-corrected chi connectivity index (χ1v) is 10.0. The van der Waals surface area contributed by atoms with E-state index in [0.717, 1.165) is 10.4 Å². The zero-order valence-corrected chi connectivity index (χ0v) is 17.4. The molecule has 26 heavy (non-hydrogen) atoms. The van der Waals surface area contributed by atoms with Gasteiger partial charge in [-0.25, -0.2) is 9.78 Å². The number of thiophene rings is 1. The molecule has 0 spiro atoms. The molecule has 142 valence electrons. The van der Waals surface area contributed by atoms with Gasteiger partial charge in [0.15, 0.2) is 5.16 Å². The maximum atomic E-state index is 13.1. The van der Waals surface area contributed by atoms with Crippen LogP contribution in [0.15, 0.2) is 9.95 Å². The lowest BCUT2D eigenvalue weighted by Crippen LogP contribution is -2.42. The number of rotatable bonds is 5. The molecule has 0 radical (unpaired) electrons. The van der Waals surface area contributed by atoms with Crippen molar-refractivity contribution in [3.05, 3.63) is 20.8 Å². The molecular weight excluding hydrogens is 372 g/mol. The van der Waals surface area contributed by atoms with Gasteiger partial charge in [-0.15, -0.1) is 11.3 Å². The molecule has 2 aromatic heterocycles. The molecule has 0 aromatic carbocycles. The SMILES string of the molecule is Cc1sc2nc(S[C@H](C(=O)NC(N)=O)C(C)C)n(C(C)C)c(=O)c2c1C. The molecule has 0 aliphatic rings. The minimum absolute atomic E-state index is 0.0839.